The maximum atomic E-state index is 5.14. The van der Waals surface area contributed by atoms with Gasteiger partial charge >= 0.3 is 0 Å². The van der Waals surface area contributed by atoms with Crippen molar-refractivity contribution in [2.24, 2.45) is 0 Å². The van der Waals surface area contributed by atoms with Gasteiger partial charge in [0.1, 0.15) is 6.33 Å². The van der Waals surface area contributed by atoms with Gasteiger partial charge < -0.3 is 9.30 Å². The predicted octanol–water partition coefficient (Wildman–Crippen LogP) is 2.15. The molecule has 0 aliphatic carbocycles. The topological polar surface area (TPSA) is 39.9 Å². The van der Waals surface area contributed by atoms with Gasteiger partial charge in [-0.05, 0) is 6.92 Å². The number of benzene rings is 1. The molecular weight excluding hydrogens is 202 g/mol. The van der Waals surface area contributed by atoms with Crippen LogP contribution in [0.15, 0.2) is 36.7 Å². The molecule has 4 heteroatoms. The second kappa shape index (κ2) is 4.90. The molecule has 0 amide bonds. The highest BCUT2D eigenvalue weighted by Crippen LogP contribution is 2.19. The summed E-state index contributed by atoms with van der Waals surface area (Å²) in [7, 11) is 1.70. The van der Waals surface area contributed by atoms with Crippen LogP contribution in [0.25, 0.3) is 11.4 Å². The van der Waals surface area contributed by atoms with E-state index in [1.807, 2.05) is 34.9 Å². The van der Waals surface area contributed by atoms with Gasteiger partial charge in [0.25, 0.3) is 0 Å². The zero-order chi connectivity index (χ0) is 11.4. The number of ether oxygens (including phenoxy) is 1. The average molecular weight is 217 g/mol. The number of aromatic nitrogens is 3. The summed E-state index contributed by atoms with van der Waals surface area (Å²) in [4.78, 5) is 0. The zero-order valence-corrected chi connectivity index (χ0v) is 9.50. The van der Waals surface area contributed by atoms with Crippen LogP contribution in [0.2, 0.25) is 0 Å². The van der Waals surface area contributed by atoms with Crippen molar-refractivity contribution in [1.29, 1.82) is 0 Å². The molecular formula is C12H15N3O. The molecule has 84 valence electrons. The lowest BCUT2D eigenvalue weighted by atomic mass is 10.2. The van der Waals surface area contributed by atoms with E-state index in [4.69, 9.17) is 4.74 Å². The standard InChI is InChI=1S/C12H15N3O/c1-10(8-16-2)15-9-13-14-12(15)11-6-4-3-5-7-11/h3-7,9-10H,8H2,1-2H3. The Labute approximate surface area is 94.9 Å². The maximum absolute atomic E-state index is 5.14. The number of hydrogen-bond acceptors (Lipinski definition) is 3. The van der Waals surface area contributed by atoms with Gasteiger partial charge in [0.05, 0.1) is 12.6 Å². The van der Waals surface area contributed by atoms with Crippen LogP contribution < -0.4 is 0 Å². The Morgan fingerprint density at radius 2 is 2.06 bits per heavy atom. The normalized spacial score (nSPS) is 12.6. The van der Waals surface area contributed by atoms with E-state index >= 15 is 0 Å². The lowest BCUT2D eigenvalue weighted by molar-refractivity contribution is 0.162. The van der Waals surface area contributed by atoms with Crippen LogP contribution in [0.5, 0.6) is 0 Å². The average Bonchev–Trinajstić information content (AvgIpc) is 2.79. The smallest absolute Gasteiger partial charge is 0.164 e. The fraction of sp³-hybridized carbons (Fsp3) is 0.333. The van der Waals surface area contributed by atoms with Gasteiger partial charge in [0.15, 0.2) is 5.82 Å². The first-order chi connectivity index (χ1) is 7.83. The summed E-state index contributed by atoms with van der Waals surface area (Å²) in [5.41, 5.74) is 1.07. The van der Waals surface area contributed by atoms with E-state index in [2.05, 4.69) is 17.1 Å². The maximum Gasteiger partial charge on any atom is 0.164 e. The largest absolute Gasteiger partial charge is 0.383 e. The molecule has 0 saturated heterocycles. The van der Waals surface area contributed by atoms with Crippen molar-refractivity contribution >= 4 is 0 Å². The first kappa shape index (κ1) is 10.8. The van der Waals surface area contributed by atoms with E-state index in [9.17, 15) is 0 Å². The second-order valence-electron chi connectivity index (χ2n) is 3.73. The summed E-state index contributed by atoms with van der Waals surface area (Å²) in [6.45, 7) is 2.73. The van der Waals surface area contributed by atoms with Gasteiger partial charge in [-0.15, -0.1) is 10.2 Å². The lowest BCUT2D eigenvalue weighted by Gasteiger charge is -2.14. The molecule has 1 heterocycles. The minimum absolute atomic E-state index is 0.232. The van der Waals surface area contributed by atoms with E-state index in [0.29, 0.717) is 6.61 Å². The Morgan fingerprint density at radius 3 is 2.75 bits per heavy atom. The van der Waals surface area contributed by atoms with Crippen LogP contribution in [0.3, 0.4) is 0 Å². The second-order valence-corrected chi connectivity index (χ2v) is 3.73. The molecule has 0 saturated carbocycles. The van der Waals surface area contributed by atoms with Gasteiger partial charge in [-0.25, -0.2) is 0 Å². The van der Waals surface area contributed by atoms with Crippen molar-refractivity contribution in [3.8, 4) is 11.4 Å². The van der Waals surface area contributed by atoms with Crippen LogP contribution >= 0.6 is 0 Å². The van der Waals surface area contributed by atoms with Crippen molar-refractivity contribution in [2.75, 3.05) is 13.7 Å². The minimum atomic E-state index is 0.232. The molecule has 2 aromatic rings. The van der Waals surface area contributed by atoms with E-state index in [0.717, 1.165) is 11.4 Å². The molecule has 1 aromatic carbocycles. The summed E-state index contributed by atoms with van der Waals surface area (Å²) >= 11 is 0. The van der Waals surface area contributed by atoms with E-state index < -0.39 is 0 Å². The Hall–Kier alpha value is -1.68. The van der Waals surface area contributed by atoms with Crippen molar-refractivity contribution in [3.05, 3.63) is 36.7 Å². The van der Waals surface area contributed by atoms with Crippen LogP contribution in [0.4, 0.5) is 0 Å². The molecule has 2 rings (SSSR count). The minimum Gasteiger partial charge on any atom is -0.383 e. The van der Waals surface area contributed by atoms with Gasteiger partial charge in [0.2, 0.25) is 0 Å². The lowest BCUT2D eigenvalue weighted by Crippen LogP contribution is -2.11. The molecule has 1 atom stereocenters. The van der Waals surface area contributed by atoms with Crippen molar-refractivity contribution < 1.29 is 4.74 Å². The fourth-order valence-corrected chi connectivity index (χ4v) is 1.68. The molecule has 0 radical (unpaired) electrons. The van der Waals surface area contributed by atoms with Crippen molar-refractivity contribution in [3.63, 3.8) is 0 Å². The summed E-state index contributed by atoms with van der Waals surface area (Å²) < 4.78 is 7.17. The van der Waals surface area contributed by atoms with E-state index in [1.165, 1.54) is 0 Å². The summed E-state index contributed by atoms with van der Waals surface area (Å²) in [6.07, 6.45) is 1.74. The van der Waals surface area contributed by atoms with Crippen LogP contribution in [0, 0.1) is 0 Å². The first-order valence-electron chi connectivity index (χ1n) is 5.27. The van der Waals surface area contributed by atoms with Crippen LogP contribution in [-0.4, -0.2) is 28.5 Å². The van der Waals surface area contributed by atoms with Crippen molar-refractivity contribution in [1.82, 2.24) is 14.8 Å². The highest BCUT2D eigenvalue weighted by molar-refractivity contribution is 5.54. The highest BCUT2D eigenvalue weighted by atomic mass is 16.5. The molecule has 4 nitrogen and oxygen atoms in total. The Kier molecular flexibility index (Phi) is 3.31. The SMILES string of the molecule is COCC(C)n1cnnc1-c1ccccc1. The zero-order valence-electron chi connectivity index (χ0n) is 9.50. The predicted molar refractivity (Wildman–Crippen MR) is 62.0 cm³/mol. The van der Waals surface area contributed by atoms with Crippen LogP contribution in [0.1, 0.15) is 13.0 Å². The third-order valence-electron chi connectivity index (χ3n) is 2.49. The third-order valence-corrected chi connectivity index (χ3v) is 2.49. The Morgan fingerprint density at radius 1 is 1.31 bits per heavy atom. The molecule has 0 aliphatic heterocycles. The quantitative estimate of drug-likeness (QED) is 0.787. The number of rotatable bonds is 4. The summed E-state index contributed by atoms with van der Waals surface area (Å²) in [6, 6.07) is 10.3. The first-order valence-corrected chi connectivity index (χ1v) is 5.27. The molecule has 0 spiro atoms. The van der Waals surface area contributed by atoms with Gasteiger partial charge in [0, 0.05) is 12.7 Å². The molecule has 16 heavy (non-hydrogen) atoms. The summed E-state index contributed by atoms with van der Waals surface area (Å²) in [5.74, 6) is 0.880. The van der Waals surface area contributed by atoms with Gasteiger partial charge in [-0.2, -0.15) is 0 Å². The Balaban J connectivity index is 2.33. The molecule has 1 aromatic heterocycles. The van der Waals surface area contributed by atoms with Gasteiger partial charge in [-0.1, -0.05) is 30.3 Å². The van der Waals surface area contributed by atoms with E-state index in [1.54, 1.807) is 13.4 Å². The number of nitrogens with zero attached hydrogens (tertiary/aromatic N) is 3. The highest BCUT2D eigenvalue weighted by Gasteiger charge is 2.11. The number of hydrogen-bond donors (Lipinski definition) is 0. The molecule has 0 N–H and O–H groups in total. The molecule has 0 aliphatic rings. The van der Waals surface area contributed by atoms with E-state index in [-0.39, 0.29) is 6.04 Å². The van der Waals surface area contributed by atoms with Crippen LogP contribution in [-0.2, 0) is 4.74 Å². The number of methoxy groups -OCH3 is 1. The van der Waals surface area contributed by atoms with Gasteiger partial charge in [-0.3, -0.25) is 0 Å². The monoisotopic (exact) mass is 217 g/mol. The molecule has 1 unspecified atom stereocenters. The third kappa shape index (κ3) is 2.12. The molecule has 0 fully saturated rings. The van der Waals surface area contributed by atoms with Crippen molar-refractivity contribution in [2.45, 2.75) is 13.0 Å². The fourth-order valence-electron chi connectivity index (χ4n) is 1.68. The Bertz CT molecular complexity index is 439. The summed E-state index contributed by atoms with van der Waals surface area (Å²) in [5, 5.41) is 8.11. The molecule has 0 bridgehead atoms.